The number of thioether (sulfide) groups is 1. The summed E-state index contributed by atoms with van der Waals surface area (Å²) in [4.78, 5) is 0. The molecule has 0 aromatic carbocycles. The van der Waals surface area contributed by atoms with Gasteiger partial charge >= 0.3 is 0 Å². The van der Waals surface area contributed by atoms with Gasteiger partial charge in [-0.05, 0) is 55.1 Å². The Morgan fingerprint density at radius 3 is 2.26 bits per heavy atom. The van der Waals surface area contributed by atoms with Crippen molar-refractivity contribution in [1.82, 2.24) is 5.32 Å². The summed E-state index contributed by atoms with van der Waals surface area (Å²) < 4.78 is 0.439. The zero-order valence-electron chi connectivity index (χ0n) is 13.8. The van der Waals surface area contributed by atoms with Crippen LogP contribution in [-0.4, -0.2) is 23.6 Å². The van der Waals surface area contributed by atoms with Gasteiger partial charge in [-0.25, -0.2) is 0 Å². The second-order valence-corrected chi connectivity index (χ2v) is 9.10. The smallest absolute Gasteiger partial charge is 0.0276 e. The first-order chi connectivity index (χ1) is 8.83. The Kier molecular flexibility index (Phi) is 4.34. The van der Waals surface area contributed by atoms with E-state index in [0.29, 0.717) is 21.6 Å². The fraction of sp³-hybridized carbons (Fsp3) is 1.00. The van der Waals surface area contributed by atoms with Gasteiger partial charge < -0.3 is 5.32 Å². The molecule has 2 saturated carbocycles. The third-order valence-electron chi connectivity index (χ3n) is 6.62. The third-order valence-corrected chi connectivity index (χ3v) is 8.21. The molecule has 0 radical (unpaired) electrons. The Balaban J connectivity index is 2.07. The Morgan fingerprint density at radius 1 is 1.21 bits per heavy atom. The topological polar surface area (TPSA) is 12.0 Å². The molecule has 0 amide bonds. The minimum atomic E-state index is 0.439. The zero-order valence-corrected chi connectivity index (χ0v) is 14.6. The van der Waals surface area contributed by atoms with E-state index in [1.807, 2.05) is 0 Å². The van der Waals surface area contributed by atoms with Crippen molar-refractivity contribution in [2.45, 2.75) is 77.5 Å². The maximum absolute atomic E-state index is 4.02. The van der Waals surface area contributed by atoms with Crippen LogP contribution in [-0.2, 0) is 0 Å². The van der Waals surface area contributed by atoms with Crippen molar-refractivity contribution in [3.63, 3.8) is 0 Å². The summed E-state index contributed by atoms with van der Waals surface area (Å²) >= 11 is 2.06. The molecule has 2 fully saturated rings. The van der Waals surface area contributed by atoms with Gasteiger partial charge in [-0.3, -0.25) is 0 Å². The Labute approximate surface area is 124 Å². The average Bonchev–Trinajstić information content (AvgIpc) is 2.86. The van der Waals surface area contributed by atoms with Crippen LogP contribution < -0.4 is 5.32 Å². The van der Waals surface area contributed by atoms with Crippen molar-refractivity contribution in [3.8, 4) is 0 Å². The molecule has 19 heavy (non-hydrogen) atoms. The molecule has 0 aliphatic heterocycles. The van der Waals surface area contributed by atoms with Gasteiger partial charge in [0.25, 0.3) is 0 Å². The zero-order chi connectivity index (χ0) is 14.3. The lowest BCUT2D eigenvalue weighted by atomic mass is 9.68. The molecule has 1 unspecified atom stereocenters. The molecule has 0 spiro atoms. The molecule has 3 atom stereocenters. The predicted molar refractivity (Wildman–Crippen MR) is 87.8 cm³/mol. The van der Waals surface area contributed by atoms with E-state index in [0.717, 1.165) is 5.92 Å². The normalized spacial score (nSPS) is 36.9. The molecule has 0 aromatic heterocycles. The van der Waals surface area contributed by atoms with Crippen molar-refractivity contribution in [2.75, 3.05) is 12.8 Å². The first-order valence-electron chi connectivity index (χ1n) is 8.12. The molecule has 2 aliphatic carbocycles. The van der Waals surface area contributed by atoms with Crippen LogP contribution in [0.15, 0.2) is 0 Å². The fourth-order valence-corrected chi connectivity index (χ4v) is 5.77. The van der Waals surface area contributed by atoms with Crippen molar-refractivity contribution >= 4 is 11.8 Å². The molecule has 2 rings (SSSR count). The summed E-state index contributed by atoms with van der Waals surface area (Å²) in [5.41, 5.74) is 1.04. The number of rotatable bonds is 6. The molecule has 2 aliphatic rings. The maximum atomic E-state index is 4.02. The molecule has 0 heterocycles. The van der Waals surface area contributed by atoms with E-state index in [2.05, 4.69) is 58.0 Å². The number of fused-ring (bicyclic) bond motifs is 2. The summed E-state index contributed by atoms with van der Waals surface area (Å²) in [6.45, 7) is 13.4. The van der Waals surface area contributed by atoms with E-state index in [1.54, 1.807) is 0 Å². The van der Waals surface area contributed by atoms with Crippen molar-refractivity contribution in [2.24, 2.45) is 16.7 Å². The van der Waals surface area contributed by atoms with Gasteiger partial charge in [0.2, 0.25) is 0 Å². The lowest BCUT2D eigenvalue weighted by Crippen LogP contribution is -2.53. The monoisotopic (exact) mass is 283 g/mol. The SMILES string of the molecule is CCC(CC)(CNC1C(C)(C)[C@H]2CC[C@]1(C)C2)SC. The van der Waals surface area contributed by atoms with Crippen molar-refractivity contribution < 1.29 is 0 Å². The van der Waals surface area contributed by atoms with Gasteiger partial charge in [0.1, 0.15) is 0 Å². The van der Waals surface area contributed by atoms with Crippen LogP contribution in [0, 0.1) is 16.7 Å². The summed E-state index contributed by atoms with van der Waals surface area (Å²) in [5.74, 6) is 0.946. The van der Waals surface area contributed by atoms with E-state index in [1.165, 1.54) is 38.6 Å². The van der Waals surface area contributed by atoms with E-state index in [4.69, 9.17) is 0 Å². The third kappa shape index (κ3) is 2.48. The first kappa shape index (κ1) is 15.7. The summed E-state index contributed by atoms with van der Waals surface area (Å²) in [6, 6.07) is 0.711. The lowest BCUT2D eigenvalue weighted by molar-refractivity contribution is 0.106. The highest BCUT2D eigenvalue weighted by Gasteiger charge is 2.59. The van der Waals surface area contributed by atoms with E-state index in [-0.39, 0.29) is 0 Å². The highest BCUT2D eigenvalue weighted by Crippen LogP contribution is 2.62. The Bertz CT molecular complexity index is 308. The number of hydrogen-bond donors (Lipinski definition) is 1. The highest BCUT2D eigenvalue weighted by atomic mass is 32.2. The number of hydrogen-bond acceptors (Lipinski definition) is 2. The molecular weight excluding hydrogens is 250 g/mol. The van der Waals surface area contributed by atoms with Gasteiger partial charge in [-0.15, -0.1) is 0 Å². The second kappa shape index (κ2) is 5.26. The molecular formula is C17H33NS. The second-order valence-electron chi connectivity index (χ2n) is 7.82. The standard InChI is InChI=1S/C17H33NS/c1-7-17(8-2,19-6)12-18-14-15(3,4)13-9-10-16(14,5)11-13/h13-14,18H,7-12H2,1-6H3/t13-,14?,16+/m0/s1. The molecule has 0 aromatic rings. The van der Waals surface area contributed by atoms with Crippen LogP contribution in [0.25, 0.3) is 0 Å². The minimum Gasteiger partial charge on any atom is -0.312 e. The molecule has 112 valence electrons. The predicted octanol–water partition coefficient (Wildman–Crippen LogP) is 4.71. The van der Waals surface area contributed by atoms with Crippen LogP contribution >= 0.6 is 11.8 Å². The van der Waals surface area contributed by atoms with Gasteiger partial charge in [-0.2, -0.15) is 11.8 Å². The van der Waals surface area contributed by atoms with Crippen LogP contribution in [0.3, 0.4) is 0 Å². The van der Waals surface area contributed by atoms with Crippen molar-refractivity contribution in [1.29, 1.82) is 0 Å². The molecule has 1 N–H and O–H groups in total. The highest BCUT2D eigenvalue weighted by molar-refractivity contribution is 8.00. The van der Waals surface area contributed by atoms with Crippen LogP contribution in [0.2, 0.25) is 0 Å². The van der Waals surface area contributed by atoms with Gasteiger partial charge in [0, 0.05) is 17.3 Å². The maximum Gasteiger partial charge on any atom is 0.0276 e. The van der Waals surface area contributed by atoms with Crippen LogP contribution in [0.5, 0.6) is 0 Å². The molecule has 2 bridgehead atoms. The average molecular weight is 284 g/mol. The molecule has 0 saturated heterocycles. The van der Waals surface area contributed by atoms with Gasteiger partial charge in [0.05, 0.1) is 0 Å². The van der Waals surface area contributed by atoms with E-state index >= 15 is 0 Å². The van der Waals surface area contributed by atoms with Crippen LogP contribution in [0.1, 0.15) is 66.7 Å². The Hall–Kier alpha value is 0.310. The fourth-order valence-electron chi connectivity index (χ4n) is 4.96. The Morgan fingerprint density at radius 2 is 1.84 bits per heavy atom. The quantitative estimate of drug-likeness (QED) is 0.757. The van der Waals surface area contributed by atoms with Crippen LogP contribution in [0.4, 0.5) is 0 Å². The van der Waals surface area contributed by atoms with E-state index < -0.39 is 0 Å². The summed E-state index contributed by atoms with van der Waals surface area (Å²) in [7, 11) is 0. The minimum absolute atomic E-state index is 0.439. The van der Waals surface area contributed by atoms with Gasteiger partial charge in [0.15, 0.2) is 0 Å². The largest absolute Gasteiger partial charge is 0.312 e. The number of nitrogens with one attached hydrogen (secondary N) is 1. The molecule has 2 heteroatoms. The lowest BCUT2D eigenvalue weighted by Gasteiger charge is -2.45. The molecule has 1 nitrogen and oxygen atoms in total. The van der Waals surface area contributed by atoms with Gasteiger partial charge in [-0.1, -0.05) is 34.6 Å². The van der Waals surface area contributed by atoms with E-state index in [9.17, 15) is 0 Å². The summed E-state index contributed by atoms with van der Waals surface area (Å²) in [6.07, 6.45) is 9.15. The first-order valence-corrected chi connectivity index (χ1v) is 9.34. The van der Waals surface area contributed by atoms with Crippen molar-refractivity contribution in [3.05, 3.63) is 0 Å². The summed E-state index contributed by atoms with van der Waals surface area (Å²) in [5, 5.41) is 4.02.